The molecule has 1 fully saturated rings. The van der Waals surface area contributed by atoms with Crippen LogP contribution < -0.4 is 4.90 Å². The smallest absolute Gasteiger partial charge is 0.407 e. The molecule has 8 heteroatoms. The van der Waals surface area contributed by atoms with E-state index in [9.17, 15) is 9.90 Å². The van der Waals surface area contributed by atoms with E-state index in [-0.39, 0.29) is 11.3 Å². The molecule has 3 rings (SSSR count). The van der Waals surface area contributed by atoms with Gasteiger partial charge in [0.1, 0.15) is 5.82 Å². The molecule has 2 aliphatic rings. The van der Waals surface area contributed by atoms with E-state index in [0.717, 1.165) is 23.6 Å². The lowest BCUT2D eigenvalue weighted by atomic mass is 10.1. The molecule has 22 heavy (non-hydrogen) atoms. The van der Waals surface area contributed by atoms with Gasteiger partial charge < -0.3 is 19.6 Å². The summed E-state index contributed by atoms with van der Waals surface area (Å²) in [4.78, 5) is 23.6. The molecule has 0 saturated carbocycles. The van der Waals surface area contributed by atoms with E-state index < -0.39 is 6.09 Å². The molecular weight excluding hydrogens is 308 g/mol. The van der Waals surface area contributed by atoms with E-state index in [2.05, 4.69) is 21.8 Å². The second-order valence-corrected chi connectivity index (χ2v) is 5.97. The van der Waals surface area contributed by atoms with Crippen molar-refractivity contribution in [2.45, 2.75) is 25.8 Å². The summed E-state index contributed by atoms with van der Waals surface area (Å²) < 4.78 is 5.48. The van der Waals surface area contributed by atoms with Crippen molar-refractivity contribution in [3.63, 3.8) is 0 Å². The van der Waals surface area contributed by atoms with Crippen LogP contribution in [-0.4, -0.2) is 65.0 Å². The summed E-state index contributed by atoms with van der Waals surface area (Å²) in [5.41, 5.74) is 1.87. The first-order valence-corrected chi connectivity index (χ1v) is 7.81. The van der Waals surface area contributed by atoms with Crippen LogP contribution in [-0.2, 0) is 17.6 Å². The summed E-state index contributed by atoms with van der Waals surface area (Å²) in [6.07, 6.45) is 0.279. The van der Waals surface area contributed by atoms with Crippen molar-refractivity contribution >= 4 is 23.5 Å². The topological polar surface area (TPSA) is 78.8 Å². The molecule has 1 N–H and O–H groups in total. The van der Waals surface area contributed by atoms with Crippen LogP contribution >= 0.6 is 11.6 Å². The predicted octanol–water partition coefficient (Wildman–Crippen LogP) is 1.43. The van der Waals surface area contributed by atoms with Gasteiger partial charge in [-0.3, -0.25) is 0 Å². The molecule has 1 unspecified atom stereocenters. The number of carbonyl (C=O) groups is 1. The number of aromatic nitrogens is 2. The highest BCUT2D eigenvalue weighted by molar-refractivity contribution is 6.28. The molecule has 0 aromatic carbocycles. The third-order valence-corrected chi connectivity index (χ3v) is 4.37. The number of carboxylic acid groups (broad SMARTS) is 1. The van der Waals surface area contributed by atoms with Crippen LogP contribution in [0.25, 0.3) is 0 Å². The lowest BCUT2D eigenvalue weighted by Crippen LogP contribution is -2.44. The van der Waals surface area contributed by atoms with Crippen LogP contribution in [0.3, 0.4) is 0 Å². The number of amides is 1. The Morgan fingerprint density at radius 2 is 2.09 bits per heavy atom. The molecule has 120 valence electrons. The van der Waals surface area contributed by atoms with Gasteiger partial charge in [-0.1, -0.05) is 0 Å². The Bertz CT molecular complexity index is 583. The Morgan fingerprint density at radius 3 is 2.82 bits per heavy atom. The monoisotopic (exact) mass is 326 g/mol. The standard InChI is InChI=1S/C14H19ClN4O3/c1-9-8-22-7-6-19(9)12-10-2-4-18(14(20)21)5-3-11(10)16-13(15)17-12/h9H,2-8H2,1H3,(H,20,21). The quantitative estimate of drug-likeness (QED) is 0.787. The Balaban J connectivity index is 1.95. The highest BCUT2D eigenvalue weighted by Crippen LogP contribution is 2.28. The maximum absolute atomic E-state index is 11.2. The minimum Gasteiger partial charge on any atom is -0.465 e. The molecule has 2 aliphatic heterocycles. The Labute approximate surface area is 133 Å². The van der Waals surface area contributed by atoms with Crippen molar-refractivity contribution in [3.8, 4) is 0 Å². The molecule has 7 nitrogen and oxygen atoms in total. The van der Waals surface area contributed by atoms with Crippen LogP contribution in [0.1, 0.15) is 18.2 Å². The number of anilines is 1. The van der Waals surface area contributed by atoms with Gasteiger partial charge in [-0.15, -0.1) is 0 Å². The van der Waals surface area contributed by atoms with E-state index in [1.54, 1.807) is 0 Å². The second-order valence-electron chi connectivity index (χ2n) is 5.63. The first kappa shape index (κ1) is 15.3. The summed E-state index contributed by atoms with van der Waals surface area (Å²) in [6.45, 7) is 5.04. The molecule has 0 aliphatic carbocycles. The lowest BCUT2D eigenvalue weighted by molar-refractivity contribution is 0.0984. The number of halogens is 1. The van der Waals surface area contributed by atoms with Gasteiger partial charge in [0.2, 0.25) is 5.28 Å². The number of nitrogens with zero attached hydrogens (tertiary/aromatic N) is 4. The largest absolute Gasteiger partial charge is 0.465 e. The summed E-state index contributed by atoms with van der Waals surface area (Å²) in [6, 6.07) is 0.211. The minimum absolute atomic E-state index is 0.211. The number of fused-ring (bicyclic) bond motifs is 1. The zero-order chi connectivity index (χ0) is 15.7. The average molecular weight is 327 g/mol. The average Bonchev–Trinajstić information content (AvgIpc) is 2.69. The van der Waals surface area contributed by atoms with Crippen molar-refractivity contribution in [1.29, 1.82) is 0 Å². The molecular formula is C14H19ClN4O3. The van der Waals surface area contributed by atoms with Gasteiger partial charge in [0.15, 0.2) is 0 Å². The van der Waals surface area contributed by atoms with Gasteiger partial charge in [0, 0.05) is 31.6 Å². The van der Waals surface area contributed by atoms with Crippen LogP contribution in [0.15, 0.2) is 0 Å². The van der Waals surface area contributed by atoms with E-state index in [0.29, 0.717) is 39.1 Å². The zero-order valence-electron chi connectivity index (χ0n) is 12.5. The van der Waals surface area contributed by atoms with Gasteiger partial charge >= 0.3 is 6.09 Å². The molecule has 1 amide bonds. The first-order chi connectivity index (χ1) is 10.6. The summed E-state index contributed by atoms with van der Waals surface area (Å²) in [5, 5.41) is 9.41. The normalized spacial score (nSPS) is 22.2. The van der Waals surface area contributed by atoms with Crippen LogP contribution in [0.4, 0.5) is 10.6 Å². The first-order valence-electron chi connectivity index (χ1n) is 7.44. The minimum atomic E-state index is -0.895. The molecule has 3 heterocycles. The zero-order valence-corrected chi connectivity index (χ0v) is 13.2. The molecule has 0 bridgehead atoms. The van der Waals surface area contributed by atoms with Crippen molar-refractivity contribution in [3.05, 3.63) is 16.5 Å². The van der Waals surface area contributed by atoms with Gasteiger partial charge in [-0.25, -0.2) is 14.8 Å². The summed E-state index contributed by atoms with van der Waals surface area (Å²) >= 11 is 6.09. The van der Waals surface area contributed by atoms with E-state index >= 15 is 0 Å². The Hall–Kier alpha value is -1.60. The number of hydrogen-bond donors (Lipinski definition) is 1. The fourth-order valence-corrected chi connectivity index (χ4v) is 3.20. The van der Waals surface area contributed by atoms with Crippen molar-refractivity contribution in [1.82, 2.24) is 14.9 Å². The third kappa shape index (κ3) is 2.96. The Kier molecular flexibility index (Phi) is 4.35. The van der Waals surface area contributed by atoms with Gasteiger partial charge in [-0.2, -0.15) is 0 Å². The molecule has 1 aromatic heterocycles. The lowest BCUT2D eigenvalue weighted by Gasteiger charge is -2.35. The maximum atomic E-state index is 11.2. The highest BCUT2D eigenvalue weighted by Gasteiger charge is 2.28. The van der Waals surface area contributed by atoms with Crippen molar-refractivity contribution in [2.24, 2.45) is 0 Å². The molecule has 1 saturated heterocycles. The molecule has 1 aromatic rings. The fraction of sp³-hybridized carbons (Fsp3) is 0.643. The summed E-state index contributed by atoms with van der Waals surface area (Å²) in [7, 11) is 0. The summed E-state index contributed by atoms with van der Waals surface area (Å²) in [5.74, 6) is 0.832. The maximum Gasteiger partial charge on any atom is 0.407 e. The van der Waals surface area contributed by atoms with Gasteiger partial charge in [-0.05, 0) is 24.9 Å². The molecule has 0 radical (unpaired) electrons. The molecule has 1 atom stereocenters. The van der Waals surface area contributed by atoms with Crippen LogP contribution in [0, 0.1) is 0 Å². The second kappa shape index (κ2) is 6.26. The Morgan fingerprint density at radius 1 is 1.32 bits per heavy atom. The number of rotatable bonds is 1. The van der Waals surface area contributed by atoms with E-state index in [1.807, 2.05) is 0 Å². The van der Waals surface area contributed by atoms with Crippen LogP contribution in [0.5, 0.6) is 0 Å². The SMILES string of the molecule is CC1COCCN1c1nc(Cl)nc2c1CCN(C(=O)O)CC2. The number of hydrogen-bond acceptors (Lipinski definition) is 5. The van der Waals surface area contributed by atoms with E-state index in [1.165, 1.54) is 4.90 Å². The van der Waals surface area contributed by atoms with Crippen molar-refractivity contribution < 1.29 is 14.6 Å². The third-order valence-electron chi connectivity index (χ3n) is 4.20. The van der Waals surface area contributed by atoms with E-state index in [4.69, 9.17) is 16.3 Å². The van der Waals surface area contributed by atoms with Gasteiger partial charge in [0.05, 0.1) is 24.9 Å². The highest BCUT2D eigenvalue weighted by atomic mass is 35.5. The van der Waals surface area contributed by atoms with Gasteiger partial charge in [0.25, 0.3) is 0 Å². The fourth-order valence-electron chi connectivity index (χ4n) is 3.02. The van der Waals surface area contributed by atoms with Crippen LogP contribution in [0.2, 0.25) is 5.28 Å². The van der Waals surface area contributed by atoms with Crippen molar-refractivity contribution in [2.75, 3.05) is 37.7 Å². The number of morpholine rings is 1. The number of ether oxygens (including phenoxy) is 1. The predicted molar refractivity (Wildman–Crippen MR) is 81.7 cm³/mol. The molecule has 0 spiro atoms.